The summed E-state index contributed by atoms with van der Waals surface area (Å²) < 4.78 is 23.5. The monoisotopic (exact) mass is 856 g/mol. The highest BCUT2D eigenvalue weighted by molar-refractivity contribution is 7.47. The van der Waals surface area contributed by atoms with Crippen LogP contribution in [-0.4, -0.2) is 73.4 Å². The number of carbonyl (C=O) groups is 1. The van der Waals surface area contributed by atoms with Crippen molar-refractivity contribution in [3.8, 4) is 0 Å². The lowest BCUT2D eigenvalue weighted by molar-refractivity contribution is -0.870. The number of amides is 1. The van der Waals surface area contributed by atoms with Gasteiger partial charge in [-0.25, -0.2) is 4.57 Å². The Bertz CT molecular complexity index is 1340. The Morgan fingerprint density at radius 2 is 1.00 bits per heavy atom. The third-order valence-electron chi connectivity index (χ3n) is 9.50. The van der Waals surface area contributed by atoms with E-state index in [1.54, 1.807) is 6.08 Å². The summed E-state index contributed by atoms with van der Waals surface area (Å²) >= 11 is 0. The highest BCUT2D eigenvalue weighted by Gasteiger charge is 2.27. The molecule has 0 aliphatic carbocycles. The highest BCUT2D eigenvalue weighted by atomic mass is 31.2. The van der Waals surface area contributed by atoms with Crippen LogP contribution >= 0.6 is 7.82 Å². The van der Waals surface area contributed by atoms with E-state index >= 15 is 0 Å². The summed E-state index contributed by atoms with van der Waals surface area (Å²) in [7, 11) is 1.53. The first-order chi connectivity index (χ1) is 29.0. The summed E-state index contributed by atoms with van der Waals surface area (Å²) in [6.07, 6.45) is 60.3. The normalized spacial score (nSPS) is 15.2. The van der Waals surface area contributed by atoms with E-state index in [1.807, 2.05) is 27.2 Å². The maximum absolute atomic E-state index is 12.8. The standard InChI is InChI=1S/C51H87N2O6P/c1-6-8-10-12-14-16-17-18-19-20-21-22-23-24-25-26-27-28-29-30-31-32-33-34-35-37-39-41-43-45-51(55)52-49(48-59-60(56,57)58-47-46-53(3,4)5)50(54)44-42-40-38-36-15-13-11-9-7-2/h8,10,14,16,18-19,21-22,24-25,27-28,30-31,33-34,42,44,49-50,54H,6-7,9,11-13,15,17,20,23,26,29,32,35-41,43,45-48H2,1-5H3,(H-,52,55,56,57)/p+1/b10-8-,16-14-,19-18-,22-21-,25-24-,28-27-,31-30-,34-33-,44-42+. The first-order valence-corrected chi connectivity index (χ1v) is 24.8. The molecule has 3 atom stereocenters. The Labute approximate surface area is 368 Å². The average Bonchev–Trinajstić information content (AvgIpc) is 3.20. The molecule has 3 unspecified atom stereocenters. The van der Waals surface area contributed by atoms with E-state index in [-0.39, 0.29) is 19.1 Å². The molecule has 342 valence electrons. The molecule has 0 aromatic heterocycles. The molecule has 0 rings (SSSR count). The molecule has 0 aliphatic heterocycles. The molecule has 0 heterocycles. The maximum atomic E-state index is 12.8. The van der Waals surface area contributed by atoms with Crippen molar-refractivity contribution in [1.29, 1.82) is 0 Å². The predicted molar refractivity (Wildman–Crippen MR) is 258 cm³/mol. The summed E-state index contributed by atoms with van der Waals surface area (Å²) in [6, 6.07) is -0.866. The minimum Gasteiger partial charge on any atom is -0.387 e. The van der Waals surface area contributed by atoms with Crippen molar-refractivity contribution in [3.05, 3.63) is 109 Å². The van der Waals surface area contributed by atoms with Crippen LogP contribution in [0, 0.1) is 0 Å². The molecule has 0 fully saturated rings. The van der Waals surface area contributed by atoms with Crippen LogP contribution in [0.4, 0.5) is 0 Å². The summed E-state index contributed by atoms with van der Waals surface area (Å²) in [6.45, 7) is 4.61. The SMILES string of the molecule is CC/C=C\C/C=C\C/C=C\C/C=C\C/C=C\C/C=C\C/C=C\C/C=C\CCCCCCC(=O)NC(COP(=O)(O)OCC[N+](C)(C)C)C(O)/C=C/CCCCCCCCC. The second kappa shape index (κ2) is 41.5. The van der Waals surface area contributed by atoms with Crippen molar-refractivity contribution in [3.63, 3.8) is 0 Å². The molecule has 0 saturated heterocycles. The fraction of sp³-hybridized carbons (Fsp3) is 0.627. The third-order valence-corrected chi connectivity index (χ3v) is 10.5. The van der Waals surface area contributed by atoms with Gasteiger partial charge in [-0.05, 0) is 83.5 Å². The predicted octanol–water partition coefficient (Wildman–Crippen LogP) is 13.3. The van der Waals surface area contributed by atoms with Gasteiger partial charge in [0.1, 0.15) is 13.2 Å². The van der Waals surface area contributed by atoms with Crippen LogP contribution in [-0.2, 0) is 18.4 Å². The van der Waals surface area contributed by atoms with Crippen LogP contribution in [0.5, 0.6) is 0 Å². The quantitative estimate of drug-likeness (QED) is 0.0245. The maximum Gasteiger partial charge on any atom is 0.472 e. The van der Waals surface area contributed by atoms with Gasteiger partial charge in [0, 0.05) is 6.42 Å². The van der Waals surface area contributed by atoms with Crippen LogP contribution in [0.15, 0.2) is 109 Å². The Morgan fingerprint density at radius 3 is 1.47 bits per heavy atom. The highest BCUT2D eigenvalue weighted by Crippen LogP contribution is 2.43. The third kappa shape index (κ3) is 43.3. The number of hydrogen-bond donors (Lipinski definition) is 3. The number of phosphoric acid groups is 1. The fourth-order valence-electron chi connectivity index (χ4n) is 5.82. The number of nitrogens with zero attached hydrogens (tertiary/aromatic N) is 1. The number of aliphatic hydroxyl groups excluding tert-OH is 1. The number of hydrogen-bond acceptors (Lipinski definition) is 5. The van der Waals surface area contributed by atoms with Gasteiger partial charge in [0.15, 0.2) is 0 Å². The van der Waals surface area contributed by atoms with Crippen LogP contribution in [0.1, 0.15) is 155 Å². The number of likely N-dealkylation sites (N-methyl/N-ethyl adjacent to an activating group) is 1. The van der Waals surface area contributed by atoms with E-state index in [2.05, 4.69) is 116 Å². The Hall–Kier alpha value is -2.84. The second-order valence-corrected chi connectivity index (χ2v) is 17.9. The number of aliphatic hydroxyl groups is 1. The zero-order chi connectivity index (χ0) is 44.3. The van der Waals surface area contributed by atoms with Gasteiger partial charge < -0.3 is 19.8 Å². The minimum atomic E-state index is -4.35. The van der Waals surface area contributed by atoms with E-state index in [0.717, 1.165) is 103 Å². The molecule has 0 aromatic carbocycles. The van der Waals surface area contributed by atoms with E-state index in [9.17, 15) is 19.4 Å². The van der Waals surface area contributed by atoms with Crippen molar-refractivity contribution >= 4 is 13.7 Å². The van der Waals surface area contributed by atoms with Crippen molar-refractivity contribution < 1.29 is 32.9 Å². The topological polar surface area (TPSA) is 105 Å². The van der Waals surface area contributed by atoms with Gasteiger partial charge in [-0.2, -0.15) is 0 Å². The zero-order valence-corrected chi connectivity index (χ0v) is 39.5. The number of phosphoric ester groups is 1. The average molecular weight is 856 g/mol. The van der Waals surface area contributed by atoms with Gasteiger partial charge in [-0.15, -0.1) is 0 Å². The number of nitrogens with one attached hydrogen (secondary N) is 1. The lowest BCUT2D eigenvalue weighted by Gasteiger charge is -2.25. The van der Waals surface area contributed by atoms with Gasteiger partial charge in [0.2, 0.25) is 5.91 Å². The molecular weight excluding hydrogens is 768 g/mol. The first kappa shape index (κ1) is 57.2. The van der Waals surface area contributed by atoms with Crippen LogP contribution < -0.4 is 5.32 Å². The molecule has 0 saturated carbocycles. The lowest BCUT2D eigenvalue weighted by atomic mass is 10.1. The number of unbranched alkanes of at least 4 members (excludes halogenated alkanes) is 11. The Morgan fingerprint density at radius 1 is 0.583 bits per heavy atom. The number of quaternary nitrogens is 1. The Balaban J connectivity index is 4.30. The molecule has 60 heavy (non-hydrogen) atoms. The van der Waals surface area contributed by atoms with Gasteiger partial charge in [-0.3, -0.25) is 13.8 Å². The molecule has 0 aliphatic rings. The summed E-state index contributed by atoms with van der Waals surface area (Å²) in [5.74, 6) is -0.211. The molecule has 0 radical (unpaired) electrons. The molecule has 1 amide bonds. The van der Waals surface area contributed by atoms with Gasteiger partial charge >= 0.3 is 7.82 Å². The molecular formula is C51H88N2O6P+. The second-order valence-electron chi connectivity index (χ2n) is 16.4. The minimum absolute atomic E-state index is 0.0494. The Kier molecular flexibility index (Phi) is 39.5. The molecule has 3 N–H and O–H groups in total. The van der Waals surface area contributed by atoms with Crippen molar-refractivity contribution in [2.75, 3.05) is 40.9 Å². The van der Waals surface area contributed by atoms with Gasteiger partial charge in [0.05, 0.1) is 39.9 Å². The molecule has 0 aromatic rings. The van der Waals surface area contributed by atoms with Gasteiger partial charge in [0.25, 0.3) is 0 Å². The van der Waals surface area contributed by atoms with E-state index < -0.39 is 20.0 Å². The van der Waals surface area contributed by atoms with E-state index in [4.69, 9.17) is 9.05 Å². The zero-order valence-electron chi connectivity index (χ0n) is 38.6. The smallest absolute Gasteiger partial charge is 0.387 e. The summed E-state index contributed by atoms with van der Waals surface area (Å²) in [5, 5.41) is 13.7. The lowest BCUT2D eigenvalue weighted by Crippen LogP contribution is -2.45. The summed E-state index contributed by atoms with van der Waals surface area (Å²) in [5.41, 5.74) is 0. The number of rotatable bonds is 40. The van der Waals surface area contributed by atoms with Crippen molar-refractivity contribution in [1.82, 2.24) is 5.32 Å². The number of allylic oxidation sites excluding steroid dienone is 17. The first-order valence-electron chi connectivity index (χ1n) is 23.3. The largest absolute Gasteiger partial charge is 0.472 e. The molecule has 8 nitrogen and oxygen atoms in total. The van der Waals surface area contributed by atoms with E-state index in [0.29, 0.717) is 17.4 Å². The molecule has 0 bridgehead atoms. The van der Waals surface area contributed by atoms with Crippen LogP contribution in [0.25, 0.3) is 0 Å². The summed E-state index contributed by atoms with van der Waals surface area (Å²) in [4.78, 5) is 23.1. The van der Waals surface area contributed by atoms with Crippen LogP contribution in [0.2, 0.25) is 0 Å². The van der Waals surface area contributed by atoms with Crippen molar-refractivity contribution in [2.45, 2.75) is 167 Å². The van der Waals surface area contributed by atoms with E-state index in [1.165, 1.54) is 32.1 Å². The molecule has 9 heteroatoms. The molecule has 0 spiro atoms. The number of carbonyl (C=O) groups excluding carboxylic acids is 1. The van der Waals surface area contributed by atoms with Crippen molar-refractivity contribution in [2.24, 2.45) is 0 Å². The van der Waals surface area contributed by atoms with Crippen LogP contribution in [0.3, 0.4) is 0 Å². The van der Waals surface area contributed by atoms with Gasteiger partial charge in [-0.1, -0.05) is 175 Å². The fourth-order valence-corrected chi connectivity index (χ4v) is 6.55.